The Kier molecular flexibility index (Phi) is 3.51. The van der Waals surface area contributed by atoms with Crippen LogP contribution in [0.3, 0.4) is 0 Å². The molecule has 6 rings (SSSR count). The van der Waals surface area contributed by atoms with E-state index in [1.807, 2.05) is 23.0 Å². The third-order valence-corrected chi connectivity index (χ3v) is 6.91. The van der Waals surface area contributed by atoms with E-state index in [4.69, 9.17) is 15.1 Å². The average molecular weight is 431 g/mol. The normalized spacial score (nSPS) is 17.0. The molecule has 1 saturated carbocycles. The number of fused-ring (bicyclic) bond motifs is 6. The van der Waals surface area contributed by atoms with Gasteiger partial charge in [-0.1, -0.05) is 65.2 Å². The second-order valence-corrected chi connectivity index (χ2v) is 8.92. The zero-order valence-electron chi connectivity index (χ0n) is 15.4. The van der Waals surface area contributed by atoms with Crippen LogP contribution in [0.4, 0.5) is 0 Å². The van der Waals surface area contributed by atoms with Gasteiger partial charge in [0.15, 0.2) is 11.5 Å². The minimum Gasteiger partial charge on any atom is -0.236 e. The molecule has 2 aromatic carbocycles. The third-order valence-electron chi connectivity index (χ3n) is 6.38. The van der Waals surface area contributed by atoms with Crippen LogP contribution >= 0.6 is 15.9 Å². The molecule has 5 heteroatoms. The summed E-state index contributed by atoms with van der Waals surface area (Å²) in [6.45, 7) is 0. The maximum absolute atomic E-state index is 5.01. The molecule has 0 bridgehead atoms. The second kappa shape index (κ2) is 5.98. The lowest BCUT2D eigenvalue weighted by Gasteiger charge is -2.36. The molecule has 2 aromatic heterocycles. The quantitative estimate of drug-likeness (QED) is 0.395. The van der Waals surface area contributed by atoms with Crippen molar-refractivity contribution < 1.29 is 0 Å². The Morgan fingerprint density at radius 1 is 0.964 bits per heavy atom. The molecule has 0 N–H and O–H groups in total. The van der Waals surface area contributed by atoms with Crippen molar-refractivity contribution in [3.05, 3.63) is 70.5 Å². The van der Waals surface area contributed by atoms with E-state index in [0.29, 0.717) is 0 Å². The fourth-order valence-corrected chi connectivity index (χ4v) is 5.37. The summed E-state index contributed by atoms with van der Waals surface area (Å²) >= 11 is 3.50. The van der Waals surface area contributed by atoms with Crippen molar-refractivity contribution in [2.45, 2.75) is 37.5 Å². The van der Waals surface area contributed by atoms with Gasteiger partial charge in [0.05, 0.1) is 5.69 Å². The number of hydrogen-bond donors (Lipinski definition) is 0. The molecule has 2 aliphatic rings. The standard InChI is InChI=1S/C23H19BrN4/c24-17-9-7-15(8-10-17)21-26-22-19-20(25-14-28(22)27-21)18-6-2-1-5-16(18)13-23(19)11-3-4-12-23/h1-2,5-10,14H,3-4,11-13H2. The highest BCUT2D eigenvalue weighted by Gasteiger charge is 2.43. The van der Waals surface area contributed by atoms with E-state index in [1.165, 1.54) is 42.4 Å². The van der Waals surface area contributed by atoms with Gasteiger partial charge in [0.1, 0.15) is 6.33 Å². The lowest BCUT2D eigenvalue weighted by Crippen LogP contribution is -2.31. The van der Waals surface area contributed by atoms with Crippen LogP contribution < -0.4 is 0 Å². The lowest BCUT2D eigenvalue weighted by atomic mass is 9.68. The highest BCUT2D eigenvalue weighted by Crippen LogP contribution is 2.52. The van der Waals surface area contributed by atoms with Gasteiger partial charge < -0.3 is 0 Å². The van der Waals surface area contributed by atoms with Crippen molar-refractivity contribution in [1.82, 2.24) is 19.6 Å². The van der Waals surface area contributed by atoms with Gasteiger partial charge in [-0.3, -0.25) is 0 Å². The molecule has 28 heavy (non-hydrogen) atoms. The zero-order chi connectivity index (χ0) is 18.7. The van der Waals surface area contributed by atoms with Gasteiger partial charge in [0, 0.05) is 26.6 Å². The summed E-state index contributed by atoms with van der Waals surface area (Å²) in [5.74, 6) is 0.759. The van der Waals surface area contributed by atoms with E-state index >= 15 is 0 Å². The van der Waals surface area contributed by atoms with Gasteiger partial charge in [-0.05, 0) is 37.0 Å². The van der Waals surface area contributed by atoms with Gasteiger partial charge in [0.25, 0.3) is 0 Å². The van der Waals surface area contributed by atoms with E-state index in [2.05, 4.69) is 52.3 Å². The first-order chi connectivity index (χ1) is 13.7. The molecule has 0 unspecified atom stereocenters. The Balaban J connectivity index is 1.63. The summed E-state index contributed by atoms with van der Waals surface area (Å²) < 4.78 is 2.94. The molecule has 2 heterocycles. The fraction of sp³-hybridized carbons (Fsp3) is 0.261. The minimum atomic E-state index is 0.142. The summed E-state index contributed by atoms with van der Waals surface area (Å²) in [5.41, 5.74) is 7.22. The second-order valence-electron chi connectivity index (χ2n) is 8.00. The van der Waals surface area contributed by atoms with E-state index in [-0.39, 0.29) is 5.41 Å². The first-order valence-electron chi connectivity index (χ1n) is 9.84. The molecule has 4 aromatic rings. The molecule has 4 nitrogen and oxygen atoms in total. The Hall–Kier alpha value is -2.53. The van der Waals surface area contributed by atoms with Gasteiger partial charge in [-0.15, -0.1) is 5.10 Å². The van der Waals surface area contributed by atoms with Gasteiger partial charge in [-0.25, -0.2) is 14.5 Å². The predicted molar refractivity (Wildman–Crippen MR) is 113 cm³/mol. The highest BCUT2D eigenvalue weighted by atomic mass is 79.9. The summed E-state index contributed by atoms with van der Waals surface area (Å²) in [7, 11) is 0. The van der Waals surface area contributed by atoms with Gasteiger partial charge >= 0.3 is 0 Å². The largest absolute Gasteiger partial charge is 0.236 e. The van der Waals surface area contributed by atoms with Crippen LogP contribution in [0.2, 0.25) is 0 Å². The maximum Gasteiger partial charge on any atom is 0.182 e. The Labute approximate surface area is 171 Å². The van der Waals surface area contributed by atoms with Crippen LogP contribution in [0.15, 0.2) is 59.3 Å². The van der Waals surface area contributed by atoms with Crippen LogP contribution in [0.25, 0.3) is 28.3 Å². The molecule has 0 saturated heterocycles. The smallest absolute Gasteiger partial charge is 0.182 e. The third kappa shape index (κ3) is 2.32. The zero-order valence-corrected chi connectivity index (χ0v) is 17.0. The molecular formula is C23H19BrN4. The Morgan fingerprint density at radius 3 is 2.57 bits per heavy atom. The highest BCUT2D eigenvalue weighted by molar-refractivity contribution is 9.10. The minimum absolute atomic E-state index is 0.142. The van der Waals surface area contributed by atoms with Crippen LogP contribution in [-0.2, 0) is 11.8 Å². The number of hydrogen-bond acceptors (Lipinski definition) is 3. The first-order valence-corrected chi connectivity index (χ1v) is 10.6. The molecule has 0 aliphatic heterocycles. The van der Waals surface area contributed by atoms with Crippen molar-refractivity contribution in [2.75, 3.05) is 0 Å². The van der Waals surface area contributed by atoms with E-state index in [1.54, 1.807) is 0 Å². The molecule has 1 spiro atoms. The lowest BCUT2D eigenvalue weighted by molar-refractivity contribution is 0.433. The van der Waals surface area contributed by atoms with Crippen LogP contribution in [-0.4, -0.2) is 19.6 Å². The Morgan fingerprint density at radius 2 is 1.75 bits per heavy atom. The summed E-state index contributed by atoms with van der Waals surface area (Å²) in [6, 6.07) is 16.9. The Bertz CT molecular complexity index is 1200. The van der Waals surface area contributed by atoms with Crippen molar-refractivity contribution >= 4 is 21.6 Å². The monoisotopic (exact) mass is 430 g/mol. The van der Waals surface area contributed by atoms with Crippen molar-refractivity contribution in [3.63, 3.8) is 0 Å². The van der Waals surface area contributed by atoms with Gasteiger partial charge in [-0.2, -0.15) is 0 Å². The van der Waals surface area contributed by atoms with Crippen molar-refractivity contribution in [3.8, 4) is 22.6 Å². The summed E-state index contributed by atoms with van der Waals surface area (Å²) in [6.07, 6.45) is 7.87. The molecule has 138 valence electrons. The molecule has 0 radical (unpaired) electrons. The number of halogens is 1. The number of aromatic nitrogens is 4. The van der Waals surface area contributed by atoms with E-state index in [9.17, 15) is 0 Å². The SMILES string of the molecule is Brc1ccc(-c2nc3c4c(ncn3n2)-c2ccccc2CC42CCCC2)cc1. The fourth-order valence-electron chi connectivity index (χ4n) is 5.11. The molecule has 1 fully saturated rings. The van der Waals surface area contributed by atoms with Gasteiger partial charge in [0.2, 0.25) is 0 Å². The molecule has 2 aliphatic carbocycles. The topological polar surface area (TPSA) is 43.1 Å². The van der Waals surface area contributed by atoms with Crippen LogP contribution in [0.5, 0.6) is 0 Å². The maximum atomic E-state index is 5.01. The molecule has 0 atom stereocenters. The average Bonchev–Trinajstić information content (AvgIpc) is 3.36. The number of nitrogens with zero attached hydrogens (tertiary/aromatic N) is 4. The van der Waals surface area contributed by atoms with E-state index in [0.717, 1.165) is 33.6 Å². The first kappa shape index (κ1) is 16.4. The summed E-state index contributed by atoms with van der Waals surface area (Å²) in [4.78, 5) is 9.90. The molecule has 0 amide bonds. The van der Waals surface area contributed by atoms with Crippen LogP contribution in [0.1, 0.15) is 36.8 Å². The van der Waals surface area contributed by atoms with Crippen molar-refractivity contribution in [2.24, 2.45) is 0 Å². The molecular weight excluding hydrogens is 412 g/mol. The van der Waals surface area contributed by atoms with E-state index < -0.39 is 0 Å². The predicted octanol–water partition coefficient (Wildman–Crippen LogP) is 5.59. The van der Waals surface area contributed by atoms with Crippen LogP contribution in [0, 0.1) is 0 Å². The number of benzene rings is 2. The summed E-state index contributed by atoms with van der Waals surface area (Å²) in [5, 5.41) is 4.76. The number of rotatable bonds is 1. The van der Waals surface area contributed by atoms with Crippen molar-refractivity contribution in [1.29, 1.82) is 0 Å².